The fraction of sp³-hybridized carbons (Fsp3) is 0.0500. The van der Waals surface area contributed by atoms with Crippen LogP contribution < -0.4 is 14.8 Å². The monoisotopic (exact) mass is 449 g/mol. The second-order valence-electron chi connectivity index (χ2n) is 6.31. The molecule has 0 amide bonds. The molecular weight excluding hydrogens is 436 g/mol. The number of sulfonamides is 1. The highest BCUT2D eigenvalue weighted by Crippen LogP contribution is 2.40. The van der Waals surface area contributed by atoms with E-state index in [-0.39, 0.29) is 39.6 Å². The number of guanidine groups is 1. The molecule has 30 heavy (non-hydrogen) atoms. The molecule has 0 unspecified atom stereocenters. The van der Waals surface area contributed by atoms with Crippen molar-refractivity contribution in [1.82, 2.24) is 4.72 Å². The summed E-state index contributed by atoms with van der Waals surface area (Å²) in [6.45, 7) is -0.00599. The average Bonchev–Trinajstić information content (AvgIpc) is 2.69. The molecule has 0 bridgehead atoms. The number of anilines is 1. The standard InChI is InChI=1S/C20H14ClF2N3O3S/c21-14-6-1-2-7-16(14)29-19-15(23)8-9-17-18(19)25-20(26-30(17,27)28)24-11-12-4-3-5-13(22)10-12/h1-10H,11H2,(H2,24,25,26). The van der Waals surface area contributed by atoms with Gasteiger partial charge in [-0.25, -0.2) is 26.9 Å². The zero-order chi connectivity index (χ0) is 21.3. The normalized spacial score (nSPS) is 15.8. The predicted octanol–water partition coefficient (Wildman–Crippen LogP) is 4.67. The molecule has 1 aliphatic heterocycles. The largest absolute Gasteiger partial charge is 0.450 e. The number of benzene rings is 3. The number of hydrogen-bond acceptors (Lipinski definition) is 4. The highest BCUT2D eigenvalue weighted by atomic mass is 35.5. The average molecular weight is 450 g/mol. The molecule has 1 aliphatic rings. The summed E-state index contributed by atoms with van der Waals surface area (Å²) in [5.74, 6) is -1.57. The maximum atomic E-state index is 14.6. The van der Waals surface area contributed by atoms with Crippen molar-refractivity contribution in [3.8, 4) is 11.5 Å². The molecule has 0 fully saturated rings. The summed E-state index contributed by atoms with van der Waals surface area (Å²) < 4.78 is 61.0. The molecule has 0 spiro atoms. The van der Waals surface area contributed by atoms with Gasteiger partial charge in [-0.3, -0.25) is 0 Å². The second kappa shape index (κ2) is 7.92. The van der Waals surface area contributed by atoms with Gasteiger partial charge in [-0.05, 0) is 42.0 Å². The van der Waals surface area contributed by atoms with E-state index < -0.39 is 21.7 Å². The Balaban J connectivity index is 1.72. The smallest absolute Gasteiger partial charge is 0.266 e. The number of rotatable bonds is 4. The molecular formula is C20H14ClF2N3O3S. The summed E-state index contributed by atoms with van der Waals surface area (Å²) in [7, 11) is -4.04. The zero-order valence-corrected chi connectivity index (χ0v) is 16.8. The maximum Gasteiger partial charge on any atom is 0.266 e. The molecule has 0 aliphatic carbocycles. The number of para-hydroxylation sites is 1. The van der Waals surface area contributed by atoms with E-state index >= 15 is 0 Å². The van der Waals surface area contributed by atoms with E-state index in [1.807, 2.05) is 0 Å². The highest BCUT2D eigenvalue weighted by molar-refractivity contribution is 7.90. The van der Waals surface area contributed by atoms with Crippen LogP contribution in [0.3, 0.4) is 0 Å². The van der Waals surface area contributed by atoms with Crippen LogP contribution in [0.15, 0.2) is 70.6 Å². The number of halogens is 3. The minimum Gasteiger partial charge on any atom is -0.450 e. The Morgan fingerprint density at radius 2 is 1.83 bits per heavy atom. The summed E-state index contributed by atoms with van der Waals surface area (Å²) in [6.07, 6.45) is 0. The number of nitrogens with one attached hydrogen (secondary N) is 2. The molecule has 0 radical (unpaired) electrons. The van der Waals surface area contributed by atoms with Crippen molar-refractivity contribution in [2.75, 3.05) is 5.32 Å². The molecule has 3 aromatic carbocycles. The van der Waals surface area contributed by atoms with Crippen molar-refractivity contribution < 1.29 is 21.9 Å². The molecule has 3 aromatic rings. The lowest BCUT2D eigenvalue weighted by atomic mass is 10.2. The Kier molecular flexibility index (Phi) is 5.31. The van der Waals surface area contributed by atoms with Gasteiger partial charge in [0.05, 0.1) is 11.6 Å². The van der Waals surface area contributed by atoms with Crippen molar-refractivity contribution in [2.24, 2.45) is 4.99 Å². The molecule has 4 rings (SSSR count). The van der Waals surface area contributed by atoms with Gasteiger partial charge in [0.1, 0.15) is 22.1 Å². The Morgan fingerprint density at radius 3 is 2.60 bits per heavy atom. The van der Waals surface area contributed by atoms with Gasteiger partial charge in [-0.15, -0.1) is 0 Å². The van der Waals surface area contributed by atoms with Gasteiger partial charge >= 0.3 is 0 Å². The van der Waals surface area contributed by atoms with Crippen LogP contribution in [-0.2, 0) is 16.6 Å². The lowest BCUT2D eigenvalue weighted by Crippen LogP contribution is -2.41. The minimum absolute atomic E-state index is 0.00599. The quantitative estimate of drug-likeness (QED) is 0.606. The van der Waals surface area contributed by atoms with Gasteiger partial charge in [0.25, 0.3) is 10.0 Å². The van der Waals surface area contributed by atoms with Crippen LogP contribution in [0.1, 0.15) is 5.56 Å². The van der Waals surface area contributed by atoms with Gasteiger partial charge in [0.15, 0.2) is 11.6 Å². The van der Waals surface area contributed by atoms with Gasteiger partial charge in [0.2, 0.25) is 5.96 Å². The number of nitrogens with zero attached hydrogens (tertiary/aromatic N) is 1. The van der Waals surface area contributed by atoms with Crippen LogP contribution in [0, 0.1) is 11.6 Å². The SMILES string of the molecule is O=S1(=O)NC(=NCc2cccc(F)c2)Nc2c1ccc(F)c2Oc1ccccc1Cl. The summed E-state index contributed by atoms with van der Waals surface area (Å²) in [6, 6.07) is 14.2. The molecule has 2 N–H and O–H groups in total. The van der Waals surface area contributed by atoms with Crippen LogP contribution in [0.25, 0.3) is 0 Å². The highest BCUT2D eigenvalue weighted by Gasteiger charge is 2.31. The number of aliphatic imine (C=N–C) groups is 1. The van der Waals surface area contributed by atoms with E-state index in [2.05, 4.69) is 15.0 Å². The van der Waals surface area contributed by atoms with E-state index in [1.54, 1.807) is 24.3 Å². The van der Waals surface area contributed by atoms with Crippen molar-refractivity contribution >= 4 is 33.3 Å². The fourth-order valence-corrected chi connectivity index (χ4v) is 4.14. The van der Waals surface area contributed by atoms with Crippen molar-refractivity contribution in [1.29, 1.82) is 0 Å². The van der Waals surface area contributed by atoms with Gasteiger partial charge in [0, 0.05) is 0 Å². The van der Waals surface area contributed by atoms with Crippen LogP contribution in [0.5, 0.6) is 11.5 Å². The first kappa shape index (κ1) is 20.1. The zero-order valence-electron chi connectivity index (χ0n) is 15.2. The summed E-state index contributed by atoms with van der Waals surface area (Å²) in [4.78, 5) is 3.92. The van der Waals surface area contributed by atoms with Crippen molar-refractivity contribution in [3.05, 3.63) is 82.9 Å². The summed E-state index contributed by atoms with van der Waals surface area (Å²) >= 11 is 6.07. The molecule has 154 valence electrons. The first-order valence-electron chi connectivity index (χ1n) is 8.67. The van der Waals surface area contributed by atoms with E-state index in [0.29, 0.717) is 5.56 Å². The topological polar surface area (TPSA) is 79.8 Å². The molecule has 1 heterocycles. The molecule has 10 heteroatoms. The maximum absolute atomic E-state index is 14.6. The Bertz CT molecular complexity index is 1270. The Hall–Kier alpha value is -3.17. The molecule has 0 aromatic heterocycles. The molecule has 0 atom stereocenters. The first-order chi connectivity index (χ1) is 14.3. The second-order valence-corrected chi connectivity index (χ2v) is 8.37. The van der Waals surface area contributed by atoms with E-state index in [1.165, 1.54) is 24.3 Å². The third kappa shape index (κ3) is 4.07. The van der Waals surface area contributed by atoms with Crippen LogP contribution in [0.2, 0.25) is 5.02 Å². The van der Waals surface area contributed by atoms with E-state index in [0.717, 1.165) is 12.1 Å². The van der Waals surface area contributed by atoms with Crippen LogP contribution >= 0.6 is 11.6 Å². The van der Waals surface area contributed by atoms with Gasteiger partial charge < -0.3 is 10.1 Å². The molecule has 6 nitrogen and oxygen atoms in total. The third-order valence-corrected chi connectivity index (χ3v) is 5.89. The lowest BCUT2D eigenvalue weighted by Gasteiger charge is -2.24. The van der Waals surface area contributed by atoms with Crippen LogP contribution in [-0.4, -0.2) is 14.4 Å². The third-order valence-electron chi connectivity index (χ3n) is 4.19. The fourth-order valence-electron chi connectivity index (χ4n) is 2.82. The summed E-state index contributed by atoms with van der Waals surface area (Å²) in [5.41, 5.74) is 0.410. The molecule has 0 saturated heterocycles. The molecule has 0 saturated carbocycles. The lowest BCUT2D eigenvalue weighted by molar-refractivity contribution is 0.443. The predicted molar refractivity (Wildman–Crippen MR) is 109 cm³/mol. The minimum atomic E-state index is -4.04. The van der Waals surface area contributed by atoms with Crippen molar-refractivity contribution in [2.45, 2.75) is 11.4 Å². The number of ether oxygens (including phenoxy) is 1. The van der Waals surface area contributed by atoms with Gasteiger partial charge in [-0.1, -0.05) is 35.9 Å². The number of fused-ring (bicyclic) bond motifs is 1. The summed E-state index contributed by atoms with van der Waals surface area (Å²) in [5, 5.41) is 2.97. The Labute approximate surface area is 176 Å². The van der Waals surface area contributed by atoms with E-state index in [4.69, 9.17) is 16.3 Å². The van der Waals surface area contributed by atoms with E-state index in [9.17, 15) is 17.2 Å². The van der Waals surface area contributed by atoms with Crippen LogP contribution in [0.4, 0.5) is 14.5 Å². The van der Waals surface area contributed by atoms with Crippen molar-refractivity contribution in [3.63, 3.8) is 0 Å². The van der Waals surface area contributed by atoms with Gasteiger partial charge in [-0.2, -0.15) is 0 Å². The first-order valence-corrected chi connectivity index (χ1v) is 10.5. The number of hydrogen-bond donors (Lipinski definition) is 2. The Morgan fingerprint density at radius 1 is 1.03 bits per heavy atom.